The molecule has 20 heavy (non-hydrogen) atoms. The largest absolute Gasteiger partial charge is 0.304 e. The maximum atomic E-state index is 8.86. The first kappa shape index (κ1) is 13.2. The maximum absolute atomic E-state index is 8.86. The topological polar surface area (TPSA) is 66.9 Å². The van der Waals surface area contributed by atoms with Crippen molar-refractivity contribution >= 4 is 40.6 Å². The molecule has 98 valence electrons. The zero-order valence-electron chi connectivity index (χ0n) is 9.79. The Morgan fingerprint density at radius 3 is 2.80 bits per heavy atom. The smallest absolute Gasteiger partial charge is 0.159 e. The number of fused-ring (bicyclic) bond motifs is 1. The van der Waals surface area contributed by atoms with Crippen LogP contribution < -0.4 is 0 Å². The van der Waals surface area contributed by atoms with E-state index in [-0.39, 0.29) is 0 Å². The van der Waals surface area contributed by atoms with Crippen LogP contribution in [0.15, 0.2) is 40.8 Å². The summed E-state index contributed by atoms with van der Waals surface area (Å²) in [4.78, 5) is 13.0. The quantitative estimate of drug-likeness (QED) is 0.723. The third-order valence-electron chi connectivity index (χ3n) is 2.46. The van der Waals surface area contributed by atoms with Crippen LogP contribution in [0.25, 0.3) is 5.65 Å². The average Bonchev–Trinajstić information content (AvgIpc) is 2.88. The number of halogens is 2. The second kappa shape index (κ2) is 5.29. The highest BCUT2D eigenvalue weighted by Crippen LogP contribution is 2.34. The van der Waals surface area contributed by atoms with Crippen molar-refractivity contribution in [3.8, 4) is 6.07 Å². The standard InChI is InChI=1S/C12H5Cl2N5S/c13-9-4-17-10(5-16-9)20-8-1-2-19-6-7(3-15)18-12(19)11(8)14/h1-2,4-6H. The predicted octanol–water partition coefficient (Wildman–Crippen LogP) is 3.45. The van der Waals surface area contributed by atoms with Crippen molar-refractivity contribution in [1.82, 2.24) is 19.4 Å². The molecule has 5 nitrogen and oxygen atoms in total. The third kappa shape index (κ3) is 2.43. The molecule has 0 aliphatic heterocycles. The fraction of sp³-hybridized carbons (Fsp3) is 0. The Hall–Kier alpha value is -1.81. The van der Waals surface area contributed by atoms with Gasteiger partial charge in [0.25, 0.3) is 0 Å². The third-order valence-corrected chi connectivity index (χ3v) is 4.12. The molecule has 0 atom stereocenters. The summed E-state index contributed by atoms with van der Waals surface area (Å²) in [5, 5.41) is 10.3. The fourth-order valence-electron chi connectivity index (χ4n) is 1.60. The minimum atomic E-state index is 0.320. The molecule has 0 saturated carbocycles. The fourth-order valence-corrected chi connectivity index (χ4v) is 2.76. The molecule has 0 unspecified atom stereocenters. The van der Waals surface area contributed by atoms with Gasteiger partial charge < -0.3 is 4.40 Å². The van der Waals surface area contributed by atoms with E-state index in [1.807, 2.05) is 12.1 Å². The van der Waals surface area contributed by atoms with Crippen molar-refractivity contribution in [3.05, 3.63) is 46.7 Å². The van der Waals surface area contributed by atoms with Gasteiger partial charge in [0, 0.05) is 17.3 Å². The summed E-state index contributed by atoms with van der Waals surface area (Å²) in [5.74, 6) is 0. The highest BCUT2D eigenvalue weighted by Gasteiger charge is 2.11. The highest BCUT2D eigenvalue weighted by atomic mass is 35.5. The van der Waals surface area contributed by atoms with E-state index in [0.29, 0.717) is 26.5 Å². The molecule has 8 heteroatoms. The Balaban J connectivity index is 2.01. The number of hydrogen-bond acceptors (Lipinski definition) is 5. The van der Waals surface area contributed by atoms with Gasteiger partial charge in [-0.15, -0.1) is 0 Å². The summed E-state index contributed by atoms with van der Waals surface area (Å²) in [7, 11) is 0. The van der Waals surface area contributed by atoms with Crippen molar-refractivity contribution in [2.75, 3.05) is 0 Å². The van der Waals surface area contributed by atoms with Crippen molar-refractivity contribution in [3.63, 3.8) is 0 Å². The summed E-state index contributed by atoms with van der Waals surface area (Å²) < 4.78 is 1.71. The van der Waals surface area contributed by atoms with Gasteiger partial charge in [0.05, 0.1) is 17.4 Å². The van der Waals surface area contributed by atoms with Crippen LogP contribution >= 0.6 is 35.0 Å². The number of rotatable bonds is 2. The maximum Gasteiger partial charge on any atom is 0.159 e. The zero-order valence-corrected chi connectivity index (χ0v) is 12.1. The Morgan fingerprint density at radius 2 is 2.10 bits per heavy atom. The lowest BCUT2D eigenvalue weighted by atomic mass is 10.5. The van der Waals surface area contributed by atoms with Crippen molar-refractivity contribution in [2.24, 2.45) is 0 Å². The molecule has 3 aromatic rings. The molecular weight excluding hydrogens is 317 g/mol. The van der Waals surface area contributed by atoms with Gasteiger partial charge >= 0.3 is 0 Å². The molecule has 3 heterocycles. The first-order chi connectivity index (χ1) is 9.67. The van der Waals surface area contributed by atoms with Crippen molar-refractivity contribution < 1.29 is 0 Å². The van der Waals surface area contributed by atoms with Gasteiger partial charge in [-0.3, -0.25) is 0 Å². The Morgan fingerprint density at radius 1 is 1.25 bits per heavy atom. The molecule has 0 fully saturated rings. The number of hydrogen-bond donors (Lipinski definition) is 0. The van der Waals surface area contributed by atoms with Crippen LogP contribution in [0.3, 0.4) is 0 Å². The van der Waals surface area contributed by atoms with E-state index in [1.165, 1.54) is 18.0 Å². The minimum absolute atomic E-state index is 0.320. The van der Waals surface area contributed by atoms with Crippen LogP contribution in [-0.2, 0) is 0 Å². The van der Waals surface area contributed by atoms with E-state index < -0.39 is 0 Å². The highest BCUT2D eigenvalue weighted by molar-refractivity contribution is 7.99. The van der Waals surface area contributed by atoms with Crippen molar-refractivity contribution in [2.45, 2.75) is 9.92 Å². The summed E-state index contributed by atoms with van der Waals surface area (Å²) in [5.41, 5.74) is 0.857. The SMILES string of the molecule is N#Cc1cn2ccc(Sc3cnc(Cl)cn3)c(Cl)c2n1. The molecule has 3 aromatic heterocycles. The monoisotopic (exact) mass is 321 g/mol. The zero-order chi connectivity index (χ0) is 14.1. The molecule has 0 saturated heterocycles. The summed E-state index contributed by atoms with van der Waals surface area (Å²) in [6, 6.07) is 3.82. The molecule has 0 radical (unpaired) electrons. The summed E-state index contributed by atoms with van der Waals surface area (Å²) >= 11 is 13.3. The Kier molecular flexibility index (Phi) is 3.49. The van der Waals surface area contributed by atoms with E-state index >= 15 is 0 Å². The van der Waals surface area contributed by atoms with Crippen LogP contribution in [0.5, 0.6) is 0 Å². The van der Waals surface area contributed by atoms with E-state index in [4.69, 9.17) is 28.5 Å². The predicted molar refractivity (Wildman–Crippen MR) is 76.1 cm³/mol. The molecule has 0 aliphatic rings. The molecule has 0 aliphatic carbocycles. The first-order valence-electron chi connectivity index (χ1n) is 5.40. The summed E-state index contributed by atoms with van der Waals surface area (Å²) in [6.07, 6.45) is 6.46. The summed E-state index contributed by atoms with van der Waals surface area (Å²) in [6.45, 7) is 0. The van der Waals surface area contributed by atoms with Crippen LogP contribution in [-0.4, -0.2) is 19.4 Å². The van der Waals surface area contributed by atoms with Gasteiger partial charge in [-0.2, -0.15) is 5.26 Å². The normalized spacial score (nSPS) is 10.7. The van der Waals surface area contributed by atoms with Gasteiger partial charge in [-0.05, 0) is 6.07 Å². The number of nitriles is 1. The number of imidazole rings is 1. The molecule has 0 spiro atoms. The lowest BCUT2D eigenvalue weighted by Crippen LogP contribution is -1.87. The minimum Gasteiger partial charge on any atom is -0.304 e. The van der Waals surface area contributed by atoms with Crippen LogP contribution in [0.2, 0.25) is 10.2 Å². The lowest BCUT2D eigenvalue weighted by Gasteiger charge is -2.04. The molecule has 0 bridgehead atoms. The number of pyridine rings is 1. The molecule has 0 aromatic carbocycles. The number of aromatic nitrogens is 4. The van der Waals surface area contributed by atoms with Crippen LogP contribution in [0.4, 0.5) is 0 Å². The van der Waals surface area contributed by atoms with E-state index in [2.05, 4.69) is 15.0 Å². The average molecular weight is 322 g/mol. The number of nitrogens with zero attached hydrogens (tertiary/aromatic N) is 5. The van der Waals surface area contributed by atoms with Crippen LogP contribution in [0.1, 0.15) is 5.69 Å². The van der Waals surface area contributed by atoms with Gasteiger partial charge in [-0.25, -0.2) is 15.0 Å². The second-order valence-corrected chi connectivity index (χ2v) is 5.57. The van der Waals surface area contributed by atoms with E-state index in [1.54, 1.807) is 23.0 Å². The van der Waals surface area contributed by atoms with Crippen LogP contribution in [0, 0.1) is 11.3 Å². The second-order valence-electron chi connectivity index (χ2n) is 3.74. The van der Waals surface area contributed by atoms with Gasteiger partial charge in [0.15, 0.2) is 11.3 Å². The molecule has 0 N–H and O–H groups in total. The van der Waals surface area contributed by atoms with Gasteiger partial charge in [0.2, 0.25) is 0 Å². The first-order valence-corrected chi connectivity index (χ1v) is 6.97. The molecule has 3 rings (SSSR count). The Labute approximate surface area is 128 Å². The van der Waals surface area contributed by atoms with Gasteiger partial charge in [0.1, 0.15) is 16.2 Å². The molecule has 0 amide bonds. The van der Waals surface area contributed by atoms with E-state index in [0.717, 1.165) is 4.90 Å². The van der Waals surface area contributed by atoms with E-state index in [9.17, 15) is 0 Å². The Bertz CT molecular complexity index is 822. The lowest BCUT2D eigenvalue weighted by molar-refractivity contribution is 1.05. The van der Waals surface area contributed by atoms with Gasteiger partial charge in [-0.1, -0.05) is 35.0 Å². The molecular formula is C12H5Cl2N5S. The van der Waals surface area contributed by atoms with Crippen molar-refractivity contribution in [1.29, 1.82) is 5.26 Å².